The van der Waals surface area contributed by atoms with Crippen LogP contribution < -0.4 is 0 Å². The lowest BCUT2D eigenvalue weighted by Gasteiger charge is -1.87. The molecule has 0 amide bonds. The molecule has 0 N–H and O–H groups in total. The first kappa shape index (κ1) is 11.6. The quantitative estimate of drug-likeness (QED) is 0.743. The molecular weight excluding hydrogens is 271 g/mol. The van der Waals surface area contributed by atoms with Crippen LogP contribution in [-0.4, -0.2) is 17.5 Å². The van der Waals surface area contributed by atoms with E-state index in [9.17, 15) is 4.57 Å². The van der Waals surface area contributed by atoms with Gasteiger partial charge in [0, 0.05) is 4.57 Å². The summed E-state index contributed by atoms with van der Waals surface area (Å²) in [6.45, 7) is 0.252. The summed E-state index contributed by atoms with van der Waals surface area (Å²) in [5, 5.41) is 0. The second-order valence-electron chi connectivity index (χ2n) is 2.57. The average Bonchev–Trinajstić information content (AvgIpc) is 2.96. The molecule has 2 aromatic rings. The maximum absolute atomic E-state index is 11.2. The molecular formula is C6H6N4O3PS2+. The summed E-state index contributed by atoms with van der Waals surface area (Å²) in [7, 11) is -2.17. The maximum Gasteiger partial charge on any atom is 0.698 e. The van der Waals surface area contributed by atoms with Crippen LogP contribution in [0.1, 0.15) is 11.4 Å². The molecule has 2 heterocycles. The van der Waals surface area contributed by atoms with Gasteiger partial charge in [0.2, 0.25) is 0 Å². The second-order valence-corrected chi connectivity index (χ2v) is 4.65. The first-order chi connectivity index (χ1) is 7.84. The number of nitrogens with zero attached hydrogens (tertiary/aromatic N) is 4. The van der Waals surface area contributed by atoms with Crippen LogP contribution in [0.5, 0.6) is 0 Å². The van der Waals surface area contributed by atoms with Crippen molar-refractivity contribution in [2.45, 2.75) is 13.2 Å². The van der Waals surface area contributed by atoms with Crippen molar-refractivity contribution in [1.29, 1.82) is 0 Å². The molecule has 0 spiro atoms. The molecule has 0 aliphatic heterocycles. The van der Waals surface area contributed by atoms with Crippen molar-refractivity contribution in [3.05, 3.63) is 23.8 Å². The van der Waals surface area contributed by atoms with E-state index < -0.39 is 8.25 Å². The maximum atomic E-state index is 11.2. The van der Waals surface area contributed by atoms with E-state index in [1.807, 2.05) is 0 Å². The fourth-order valence-corrected chi connectivity index (χ4v) is 2.16. The van der Waals surface area contributed by atoms with E-state index in [0.29, 0.717) is 11.4 Å². The molecule has 2 aromatic heterocycles. The van der Waals surface area contributed by atoms with Gasteiger partial charge in [-0.3, -0.25) is 0 Å². The lowest BCUT2D eigenvalue weighted by atomic mass is 10.5. The number of hydrogen-bond acceptors (Lipinski definition) is 9. The van der Waals surface area contributed by atoms with Crippen molar-refractivity contribution in [3.8, 4) is 0 Å². The Morgan fingerprint density at radius 3 is 1.94 bits per heavy atom. The van der Waals surface area contributed by atoms with Crippen LogP contribution in [0.3, 0.4) is 0 Å². The Morgan fingerprint density at radius 2 is 1.56 bits per heavy atom. The Labute approximate surface area is 100 Å². The molecule has 0 saturated carbocycles. The zero-order chi connectivity index (χ0) is 11.2. The van der Waals surface area contributed by atoms with Crippen LogP contribution in [-0.2, 0) is 26.8 Å². The van der Waals surface area contributed by atoms with Gasteiger partial charge in [0.25, 0.3) is 0 Å². The molecule has 0 aliphatic carbocycles. The minimum Gasteiger partial charge on any atom is -0.181 e. The van der Waals surface area contributed by atoms with Crippen molar-refractivity contribution >= 4 is 31.7 Å². The zero-order valence-electron chi connectivity index (χ0n) is 7.85. The third-order valence-corrected chi connectivity index (χ3v) is 3.16. The predicted octanol–water partition coefficient (Wildman–Crippen LogP) is 1.78. The average molecular weight is 277 g/mol. The highest BCUT2D eigenvalue weighted by Gasteiger charge is 2.21. The highest BCUT2D eigenvalue weighted by atomic mass is 32.1. The molecule has 84 valence electrons. The van der Waals surface area contributed by atoms with Crippen LogP contribution >= 0.6 is 31.7 Å². The molecule has 0 atom stereocenters. The molecule has 10 heteroatoms. The monoisotopic (exact) mass is 277 g/mol. The van der Waals surface area contributed by atoms with Gasteiger partial charge in [0.1, 0.15) is 11.4 Å². The van der Waals surface area contributed by atoms with E-state index in [0.717, 1.165) is 23.5 Å². The molecule has 0 aliphatic rings. The molecule has 0 unspecified atom stereocenters. The highest BCUT2D eigenvalue weighted by molar-refractivity contribution is 7.33. The summed E-state index contributed by atoms with van der Waals surface area (Å²) < 4.78 is 36.5. The third kappa shape index (κ3) is 3.62. The smallest absolute Gasteiger partial charge is 0.181 e. The normalized spacial score (nSPS) is 10.5. The fraction of sp³-hybridized carbons (Fsp3) is 0.333. The summed E-state index contributed by atoms with van der Waals surface area (Å²) in [5.74, 6) is 0. The predicted molar refractivity (Wildman–Crippen MR) is 57.0 cm³/mol. The minimum absolute atomic E-state index is 0.126. The van der Waals surface area contributed by atoms with E-state index in [1.54, 1.807) is 12.4 Å². The van der Waals surface area contributed by atoms with Crippen molar-refractivity contribution in [2.75, 3.05) is 0 Å². The summed E-state index contributed by atoms with van der Waals surface area (Å²) in [6, 6.07) is 0. The molecule has 2 rings (SSSR count). The van der Waals surface area contributed by atoms with Gasteiger partial charge < -0.3 is 0 Å². The SMILES string of the molecule is O=[P+](OCc1cnsn1)OCc1cnsn1. The van der Waals surface area contributed by atoms with Crippen LogP contribution in [0, 0.1) is 0 Å². The Bertz CT molecular complexity index is 394. The van der Waals surface area contributed by atoms with E-state index in [4.69, 9.17) is 9.05 Å². The Hall–Kier alpha value is -0.860. The molecule has 0 saturated heterocycles. The van der Waals surface area contributed by atoms with Crippen molar-refractivity contribution < 1.29 is 13.6 Å². The molecule has 0 aromatic carbocycles. The first-order valence-corrected chi connectivity index (χ1v) is 6.66. The topological polar surface area (TPSA) is 87.1 Å². The lowest BCUT2D eigenvalue weighted by molar-refractivity contribution is 0.210. The largest absolute Gasteiger partial charge is 0.698 e. The van der Waals surface area contributed by atoms with Gasteiger partial charge in [0.05, 0.1) is 35.9 Å². The third-order valence-electron chi connectivity index (χ3n) is 1.45. The van der Waals surface area contributed by atoms with Gasteiger partial charge in [-0.05, 0) is 0 Å². The van der Waals surface area contributed by atoms with E-state index in [2.05, 4.69) is 17.5 Å². The first-order valence-electron chi connectivity index (χ1n) is 4.10. The minimum atomic E-state index is -2.17. The van der Waals surface area contributed by atoms with Crippen LogP contribution in [0.25, 0.3) is 0 Å². The van der Waals surface area contributed by atoms with Gasteiger partial charge in [-0.25, -0.2) is 0 Å². The van der Waals surface area contributed by atoms with Crippen molar-refractivity contribution in [3.63, 3.8) is 0 Å². The number of hydrogen-bond donors (Lipinski definition) is 0. The second kappa shape index (κ2) is 6.02. The highest BCUT2D eigenvalue weighted by Crippen LogP contribution is 2.26. The van der Waals surface area contributed by atoms with Gasteiger partial charge in [-0.1, -0.05) is 0 Å². The Kier molecular flexibility index (Phi) is 4.37. The van der Waals surface area contributed by atoms with Gasteiger partial charge in [-0.15, -0.1) is 9.05 Å². The zero-order valence-corrected chi connectivity index (χ0v) is 10.4. The van der Waals surface area contributed by atoms with Crippen molar-refractivity contribution in [2.24, 2.45) is 0 Å². The van der Waals surface area contributed by atoms with Gasteiger partial charge in [-0.2, -0.15) is 17.5 Å². The van der Waals surface area contributed by atoms with Crippen LogP contribution in [0.2, 0.25) is 0 Å². The summed E-state index contributed by atoms with van der Waals surface area (Å²) in [4.78, 5) is 0. The van der Waals surface area contributed by atoms with Crippen LogP contribution in [0.15, 0.2) is 12.4 Å². The van der Waals surface area contributed by atoms with E-state index in [1.165, 1.54) is 0 Å². The summed E-state index contributed by atoms with van der Waals surface area (Å²) >= 11 is 2.14. The lowest BCUT2D eigenvalue weighted by Crippen LogP contribution is -1.89. The number of rotatable bonds is 6. The van der Waals surface area contributed by atoms with Crippen molar-refractivity contribution in [1.82, 2.24) is 17.5 Å². The van der Waals surface area contributed by atoms with E-state index >= 15 is 0 Å². The summed E-state index contributed by atoms with van der Waals surface area (Å²) in [6.07, 6.45) is 3.11. The molecule has 16 heavy (non-hydrogen) atoms. The molecule has 0 bridgehead atoms. The molecule has 7 nitrogen and oxygen atoms in total. The Balaban J connectivity index is 1.69. The number of aromatic nitrogens is 4. The fourth-order valence-electron chi connectivity index (χ4n) is 0.770. The molecule has 0 fully saturated rings. The Morgan fingerprint density at radius 1 is 1.06 bits per heavy atom. The van der Waals surface area contributed by atoms with E-state index in [-0.39, 0.29) is 13.2 Å². The standard InChI is InChI=1S/C6H6N4O3PS2/c11-14(12-3-5-1-7-15-9-5)13-4-6-2-8-16-10-6/h1-2H,3-4H2/q+1. The van der Waals surface area contributed by atoms with Gasteiger partial charge >= 0.3 is 8.25 Å². The van der Waals surface area contributed by atoms with Crippen LogP contribution in [0.4, 0.5) is 0 Å². The summed E-state index contributed by atoms with van der Waals surface area (Å²) in [5.41, 5.74) is 1.26. The molecule has 0 radical (unpaired) electrons. The van der Waals surface area contributed by atoms with Gasteiger partial charge in [0.15, 0.2) is 13.2 Å².